The number of fused-ring (bicyclic) bond motifs is 6. The minimum atomic E-state index is -0.0906. The molecule has 0 bridgehead atoms. The highest BCUT2D eigenvalue weighted by atomic mass is 16.6. The summed E-state index contributed by atoms with van der Waals surface area (Å²) in [4.78, 5) is 5.02. The van der Waals surface area contributed by atoms with Crippen LogP contribution >= 0.6 is 0 Å². The zero-order valence-electron chi connectivity index (χ0n) is 21.7. The lowest BCUT2D eigenvalue weighted by Gasteiger charge is -2.25. The molecule has 3 nitrogen and oxygen atoms in total. The molecule has 0 radical (unpaired) electrons. The van der Waals surface area contributed by atoms with Gasteiger partial charge in [-0.3, -0.25) is 0 Å². The molecule has 5 aromatic carbocycles. The summed E-state index contributed by atoms with van der Waals surface area (Å²) in [6.45, 7) is 4.54. The fraction of sp³-hybridized carbons (Fsp3) is 0.0833. The van der Waals surface area contributed by atoms with Crippen LogP contribution in [0.4, 0.5) is 0 Å². The van der Waals surface area contributed by atoms with E-state index in [1.807, 2.05) is 24.3 Å². The first-order valence-corrected chi connectivity index (χ1v) is 13.3. The van der Waals surface area contributed by atoms with E-state index in [1.165, 1.54) is 27.8 Å². The molecule has 0 saturated heterocycles. The second-order valence-electron chi connectivity index (χ2n) is 10.8. The first kappa shape index (κ1) is 22.1. The summed E-state index contributed by atoms with van der Waals surface area (Å²) in [6, 6.07) is 39.9. The smallest absolute Gasteiger partial charge is 0.170 e. The molecule has 8 rings (SSSR count). The normalized spacial score (nSPS) is 14.0. The van der Waals surface area contributed by atoms with Crippen LogP contribution in [0, 0.1) is 0 Å². The van der Waals surface area contributed by atoms with Crippen LogP contribution in [-0.2, 0) is 5.41 Å². The predicted octanol–water partition coefficient (Wildman–Crippen LogP) is 9.77. The van der Waals surface area contributed by atoms with Crippen molar-refractivity contribution in [1.29, 1.82) is 0 Å². The first-order chi connectivity index (χ1) is 19.1. The second-order valence-corrected chi connectivity index (χ2v) is 10.8. The molecule has 1 aliphatic heterocycles. The van der Waals surface area contributed by atoms with Gasteiger partial charge in [-0.05, 0) is 75.8 Å². The van der Waals surface area contributed by atoms with Gasteiger partial charge in [0.1, 0.15) is 0 Å². The Morgan fingerprint density at radius 3 is 2.13 bits per heavy atom. The van der Waals surface area contributed by atoms with E-state index in [9.17, 15) is 0 Å². The first-order valence-electron chi connectivity index (χ1n) is 13.3. The van der Waals surface area contributed by atoms with E-state index in [0.717, 1.165) is 39.2 Å². The van der Waals surface area contributed by atoms with Gasteiger partial charge in [0.05, 0.1) is 11.2 Å². The zero-order valence-corrected chi connectivity index (χ0v) is 21.7. The van der Waals surface area contributed by atoms with Crippen molar-refractivity contribution in [2.45, 2.75) is 19.3 Å². The van der Waals surface area contributed by atoms with Gasteiger partial charge >= 0.3 is 0 Å². The molecular formula is C36H25NO2. The van der Waals surface area contributed by atoms with Crippen LogP contribution in [0.3, 0.4) is 0 Å². The average Bonchev–Trinajstić information content (AvgIpc) is 3.20. The Kier molecular flexibility index (Phi) is 4.57. The van der Waals surface area contributed by atoms with E-state index < -0.39 is 0 Å². The van der Waals surface area contributed by atoms with Gasteiger partial charge < -0.3 is 9.47 Å². The highest BCUT2D eigenvalue weighted by Gasteiger charge is 2.37. The summed E-state index contributed by atoms with van der Waals surface area (Å²) >= 11 is 0. The van der Waals surface area contributed by atoms with Crippen molar-refractivity contribution in [3.05, 3.63) is 126 Å². The van der Waals surface area contributed by atoms with Crippen molar-refractivity contribution in [1.82, 2.24) is 4.98 Å². The maximum Gasteiger partial charge on any atom is 0.170 e. The molecule has 0 N–H and O–H groups in total. The molecule has 2 aliphatic rings. The molecule has 0 amide bonds. The third-order valence-corrected chi connectivity index (χ3v) is 8.13. The minimum absolute atomic E-state index is 0.0906. The van der Waals surface area contributed by atoms with Crippen molar-refractivity contribution in [3.63, 3.8) is 0 Å². The van der Waals surface area contributed by atoms with Crippen LogP contribution in [0.15, 0.2) is 115 Å². The van der Waals surface area contributed by atoms with Crippen LogP contribution in [0.1, 0.15) is 25.0 Å². The van der Waals surface area contributed by atoms with Crippen LogP contribution in [-0.4, -0.2) is 4.98 Å². The van der Waals surface area contributed by atoms with Crippen molar-refractivity contribution < 1.29 is 9.47 Å². The maximum atomic E-state index is 6.50. The van der Waals surface area contributed by atoms with Gasteiger partial charge in [-0.15, -0.1) is 0 Å². The Labute approximate surface area is 227 Å². The number of pyridine rings is 1. The second kappa shape index (κ2) is 8.05. The van der Waals surface area contributed by atoms with E-state index in [2.05, 4.69) is 105 Å². The van der Waals surface area contributed by atoms with Crippen molar-refractivity contribution in [2.75, 3.05) is 0 Å². The fourth-order valence-electron chi connectivity index (χ4n) is 6.12. The van der Waals surface area contributed by atoms with Gasteiger partial charge in [0.2, 0.25) is 0 Å². The summed E-state index contributed by atoms with van der Waals surface area (Å²) in [6.07, 6.45) is 0. The van der Waals surface area contributed by atoms with Gasteiger partial charge in [0.25, 0.3) is 0 Å². The Morgan fingerprint density at radius 2 is 1.23 bits per heavy atom. The number of aromatic nitrogens is 1. The van der Waals surface area contributed by atoms with Gasteiger partial charge in [-0.25, -0.2) is 4.98 Å². The monoisotopic (exact) mass is 503 g/mol. The lowest BCUT2D eigenvalue weighted by Crippen LogP contribution is -2.15. The molecular weight excluding hydrogens is 478 g/mol. The Morgan fingerprint density at radius 1 is 0.513 bits per heavy atom. The number of nitrogens with zero attached hydrogens (tertiary/aromatic N) is 1. The van der Waals surface area contributed by atoms with Gasteiger partial charge in [0.15, 0.2) is 23.0 Å². The maximum absolute atomic E-state index is 6.50. The van der Waals surface area contributed by atoms with E-state index in [1.54, 1.807) is 0 Å². The largest absolute Gasteiger partial charge is 0.450 e. The third-order valence-electron chi connectivity index (χ3n) is 8.13. The molecule has 6 aromatic rings. The molecule has 0 atom stereocenters. The number of benzene rings is 5. The topological polar surface area (TPSA) is 31.4 Å². The molecule has 39 heavy (non-hydrogen) atoms. The van der Waals surface area contributed by atoms with Crippen molar-refractivity contribution in [3.8, 4) is 56.5 Å². The van der Waals surface area contributed by atoms with Crippen molar-refractivity contribution in [2.24, 2.45) is 0 Å². The van der Waals surface area contributed by atoms with Gasteiger partial charge in [-0.2, -0.15) is 0 Å². The lowest BCUT2D eigenvalue weighted by atomic mass is 9.82. The number of para-hydroxylation sites is 1. The van der Waals surface area contributed by atoms with Crippen LogP contribution in [0.2, 0.25) is 0 Å². The van der Waals surface area contributed by atoms with Crippen LogP contribution in [0.25, 0.3) is 44.4 Å². The quantitative estimate of drug-likeness (QED) is 0.235. The molecule has 186 valence electrons. The molecule has 0 saturated carbocycles. The van der Waals surface area contributed by atoms with E-state index in [-0.39, 0.29) is 5.41 Å². The fourth-order valence-corrected chi connectivity index (χ4v) is 6.12. The Balaban J connectivity index is 1.22. The molecule has 0 fully saturated rings. The van der Waals surface area contributed by atoms with Gasteiger partial charge in [0, 0.05) is 16.4 Å². The summed E-state index contributed by atoms with van der Waals surface area (Å²) < 4.78 is 12.9. The lowest BCUT2D eigenvalue weighted by molar-refractivity contribution is 0.359. The highest BCUT2D eigenvalue weighted by Crippen LogP contribution is 2.55. The standard InChI is InChI=1S/C36H25NO2/c1-36(2)28-14-8-6-12-24(28)27-20-34-35(21-29(27)36)38-32-17-16-23(18-33(32)39-34)31-19-26(22-10-4-3-5-11-22)25-13-7-9-15-30(25)37-31/h3-21H,1-2H3. The number of rotatable bonds is 2. The minimum Gasteiger partial charge on any atom is -0.450 e. The summed E-state index contributed by atoms with van der Waals surface area (Å²) in [7, 11) is 0. The van der Waals surface area contributed by atoms with E-state index >= 15 is 0 Å². The predicted molar refractivity (Wildman–Crippen MR) is 157 cm³/mol. The summed E-state index contributed by atoms with van der Waals surface area (Å²) in [5.74, 6) is 2.90. The molecule has 0 spiro atoms. The zero-order chi connectivity index (χ0) is 26.1. The average molecular weight is 504 g/mol. The molecule has 3 heteroatoms. The van der Waals surface area contributed by atoms with Crippen LogP contribution in [0.5, 0.6) is 23.0 Å². The van der Waals surface area contributed by atoms with Gasteiger partial charge in [-0.1, -0.05) is 86.6 Å². The summed E-state index contributed by atoms with van der Waals surface area (Å²) in [5.41, 5.74) is 10.1. The number of hydrogen-bond acceptors (Lipinski definition) is 3. The van der Waals surface area contributed by atoms with Crippen LogP contribution < -0.4 is 9.47 Å². The highest BCUT2D eigenvalue weighted by molar-refractivity contribution is 5.96. The summed E-state index contributed by atoms with van der Waals surface area (Å²) in [5, 5.41) is 1.14. The molecule has 2 heterocycles. The van der Waals surface area contributed by atoms with E-state index in [0.29, 0.717) is 11.5 Å². The molecule has 0 unspecified atom stereocenters. The van der Waals surface area contributed by atoms with E-state index in [4.69, 9.17) is 14.5 Å². The number of hydrogen-bond donors (Lipinski definition) is 0. The van der Waals surface area contributed by atoms with Crippen molar-refractivity contribution >= 4 is 10.9 Å². The number of ether oxygens (including phenoxy) is 2. The Hall–Kier alpha value is -4.89. The Bertz CT molecular complexity index is 1940. The SMILES string of the molecule is CC1(C)c2ccccc2-c2cc3c(cc21)Oc1ccc(-c2cc(-c4ccccc4)c4ccccc4n2)cc1O3. The molecule has 1 aliphatic carbocycles. The molecule has 1 aromatic heterocycles. The third kappa shape index (κ3) is 3.33.